The highest BCUT2D eigenvalue weighted by molar-refractivity contribution is 4.94. The van der Waals surface area contributed by atoms with E-state index >= 15 is 0 Å². The minimum atomic E-state index is -3.20. The summed E-state index contributed by atoms with van der Waals surface area (Å²) in [6.07, 6.45) is -3.84. The highest BCUT2D eigenvalue weighted by atomic mass is 19.3. The Bertz CT molecular complexity index is 422. The lowest BCUT2D eigenvalue weighted by atomic mass is 10.1. The molecule has 4 atom stereocenters. The van der Waals surface area contributed by atoms with Crippen LogP contribution >= 0.6 is 0 Å². The van der Waals surface area contributed by atoms with Crippen LogP contribution in [-0.4, -0.2) is 55.0 Å². The van der Waals surface area contributed by atoms with E-state index in [1.54, 1.807) is 0 Å². The Morgan fingerprint density at radius 2 is 2.11 bits per heavy atom. The van der Waals surface area contributed by atoms with Gasteiger partial charge in [-0.15, -0.1) is 5.10 Å². The molecule has 1 aliphatic heterocycles. The number of alkyl halides is 2. The van der Waals surface area contributed by atoms with Gasteiger partial charge in [-0.05, 0) is 0 Å². The van der Waals surface area contributed by atoms with Crippen LogP contribution in [0.15, 0.2) is 6.33 Å². The first-order valence-corrected chi connectivity index (χ1v) is 5.26. The summed E-state index contributed by atoms with van der Waals surface area (Å²) in [5.74, 6) is -3.91. The quantitative estimate of drug-likeness (QED) is 0.648. The number of ether oxygens (including phenoxy) is 1. The van der Waals surface area contributed by atoms with Crippen molar-refractivity contribution in [2.45, 2.75) is 37.4 Å². The Labute approximate surface area is 101 Å². The molecule has 18 heavy (non-hydrogen) atoms. The molecule has 102 valence electrons. The second kappa shape index (κ2) is 4.50. The van der Waals surface area contributed by atoms with E-state index in [1.165, 1.54) is 0 Å². The molecule has 0 amide bonds. The van der Waals surface area contributed by atoms with Crippen molar-refractivity contribution in [3.05, 3.63) is 12.2 Å². The maximum Gasteiger partial charge on any atom is 0.305 e. The van der Waals surface area contributed by atoms with Crippen LogP contribution in [0.1, 0.15) is 19.0 Å². The number of aliphatic hydroxyl groups is 3. The van der Waals surface area contributed by atoms with Crippen molar-refractivity contribution in [1.29, 1.82) is 0 Å². The van der Waals surface area contributed by atoms with Crippen LogP contribution in [0.3, 0.4) is 0 Å². The van der Waals surface area contributed by atoms with E-state index < -0.39 is 42.9 Å². The SMILES string of the molecule is CC(F)(F)c1ncn([C@@H]2O[C@H](CO)C(O)[C@@H]2O)n1. The number of halogens is 2. The maximum absolute atomic E-state index is 12.9. The zero-order valence-electron chi connectivity index (χ0n) is 9.44. The van der Waals surface area contributed by atoms with E-state index in [1.807, 2.05) is 0 Å². The van der Waals surface area contributed by atoms with Gasteiger partial charge >= 0.3 is 5.92 Å². The van der Waals surface area contributed by atoms with Gasteiger partial charge < -0.3 is 20.1 Å². The molecule has 2 rings (SSSR count). The van der Waals surface area contributed by atoms with Gasteiger partial charge in [0.25, 0.3) is 0 Å². The van der Waals surface area contributed by atoms with E-state index in [-0.39, 0.29) is 0 Å². The highest BCUT2D eigenvalue weighted by Gasteiger charge is 2.44. The molecule has 2 heterocycles. The Morgan fingerprint density at radius 1 is 1.44 bits per heavy atom. The molecule has 3 N–H and O–H groups in total. The predicted molar refractivity (Wildman–Crippen MR) is 52.6 cm³/mol. The molecule has 7 nitrogen and oxygen atoms in total. The Balaban J connectivity index is 2.20. The van der Waals surface area contributed by atoms with E-state index in [4.69, 9.17) is 9.84 Å². The molecular weight excluding hydrogens is 252 g/mol. The number of aliphatic hydroxyl groups excluding tert-OH is 3. The van der Waals surface area contributed by atoms with Gasteiger partial charge in [0.1, 0.15) is 24.6 Å². The van der Waals surface area contributed by atoms with E-state index in [0.29, 0.717) is 6.92 Å². The topological polar surface area (TPSA) is 101 Å². The largest absolute Gasteiger partial charge is 0.394 e. The summed E-state index contributed by atoms with van der Waals surface area (Å²) in [7, 11) is 0. The molecule has 1 aliphatic rings. The minimum absolute atomic E-state index is 0.500. The lowest BCUT2D eigenvalue weighted by Crippen LogP contribution is -2.33. The fraction of sp³-hybridized carbons (Fsp3) is 0.778. The number of hydrogen-bond donors (Lipinski definition) is 3. The summed E-state index contributed by atoms with van der Waals surface area (Å²) in [6.45, 7) is 0.143. The zero-order valence-corrected chi connectivity index (χ0v) is 9.44. The van der Waals surface area contributed by atoms with Crippen LogP contribution in [-0.2, 0) is 10.7 Å². The molecular formula is C9H13F2N3O4. The fourth-order valence-corrected chi connectivity index (χ4v) is 1.70. The lowest BCUT2D eigenvalue weighted by Gasteiger charge is -2.14. The Kier molecular flexibility index (Phi) is 3.32. The van der Waals surface area contributed by atoms with Gasteiger partial charge in [-0.2, -0.15) is 8.78 Å². The van der Waals surface area contributed by atoms with Crippen LogP contribution in [0.2, 0.25) is 0 Å². The van der Waals surface area contributed by atoms with Crippen LogP contribution < -0.4 is 0 Å². The molecule has 0 aliphatic carbocycles. The first-order valence-electron chi connectivity index (χ1n) is 5.26. The van der Waals surface area contributed by atoms with Gasteiger partial charge in [-0.1, -0.05) is 0 Å². The first kappa shape index (κ1) is 13.3. The smallest absolute Gasteiger partial charge is 0.305 e. The molecule has 0 aromatic carbocycles. The molecule has 1 aromatic rings. The summed E-state index contributed by atoms with van der Waals surface area (Å²) >= 11 is 0. The average Bonchev–Trinajstić information content (AvgIpc) is 2.86. The van der Waals surface area contributed by atoms with Crippen molar-refractivity contribution in [2.24, 2.45) is 0 Å². The third kappa shape index (κ3) is 2.21. The normalized spacial score (nSPS) is 33.0. The number of hydrogen-bond acceptors (Lipinski definition) is 6. The molecule has 0 bridgehead atoms. The maximum atomic E-state index is 12.9. The molecule has 1 unspecified atom stereocenters. The second-order valence-corrected chi connectivity index (χ2v) is 4.17. The van der Waals surface area contributed by atoms with Crippen LogP contribution in [0.5, 0.6) is 0 Å². The van der Waals surface area contributed by atoms with Gasteiger partial charge in [-0.25, -0.2) is 9.67 Å². The summed E-state index contributed by atoms with van der Waals surface area (Å²) in [5, 5.41) is 31.6. The molecule has 0 spiro atoms. The van der Waals surface area contributed by atoms with E-state index in [2.05, 4.69) is 10.1 Å². The molecule has 0 radical (unpaired) electrons. The van der Waals surface area contributed by atoms with Gasteiger partial charge in [0, 0.05) is 6.92 Å². The van der Waals surface area contributed by atoms with Gasteiger partial charge in [0.2, 0.25) is 5.82 Å². The van der Waals surface area contributed by atoms with E-state index in [0.717, 1.165) is 11.0 Å². The summed E-state index contributed by atoms with van der Waals surface area (Å²) in [4.78, 5) is 3.41. The monoisotopic (exact) mass is 265 g/mol. The van der Waals surface area contributed by atoms with Crippen LogP contribution in [0, 0.1) is 0 Å². The van der Waals surface area contributed by atoms with Crippen LogP contribution in [0.25, 0.3) is 0 Å². The number of aromatic nitrogens is 3. The predicted octanol–water partition coefficient (Wildman–Crippen LogP) is -0.999. The first-order chi connectivity index (χ1) is 8.34. The summed E-state index contributed by atoms with van der Waals surface area (Å²) < 4.78 is 31.9. The Morgan fingerprint density at radius 3 is 2.56 bits per heavy atom. The summed E-state index contributed by atoms with van der Waals surface area (Å²) in [5.41, 5.74) is 0. The Hall–Kier alpha value is -1.16. The van der Waals surface area contributed by atoms with Crippen molar-refractivity contribution in [3.63, 3.8) is 0 Å². The molecule has 1 saturated heterocycles. The van der Waals surface area contributed by atoms with Crippen molar-refractivity contribution < 1.29 is 28.8 Å². The van der Waals surface area contributed by atoms with Gasteiger partial charge in [-0.3, -0.25) is 0 Å². The molecule has 9 heteroatoms. The fourth-order valence-electron chi connectivity index (χ4n) is 1.70. The average molecular weight is 265 g/mol. The third-order valence-corrected chi connectivity index (χ3v) is 2.68. The molecule has 1 fully saturated rings. The number of rotatable bonds is 3. The summed E-state index contributed by atoms with van der Waals surface area (Å²) in [6, 6.07) is 0. The second-order valence-electron chi connectivity index (χ2n) is 4.17. The van der Waals surface area contributed by atoms with Gasteiger partial charge in [0.05, 0.1) is 6.61 Å². The molecule has 0 saturated carbocycles. The van der Waals surface area contributed by atoms with Gasteiger partial charge in [0.15, 0.2) is 6.23 Å². The van der Waals surface area contributed by atoms with Crippen molar-refractivity contribution in [3.8, 4) is 0 Å². The lowest BCUT2D eigenvalue weighted by molar-refractivity contribution is -0.0603. The standard InChI is InChI=1S/C9H13F2N3O4/c1-9(10,11)8-12-3-14(13-8)7-6(17)5(16)4(2-15)18-7/h3-7,15-17H,2H2,1H3/t4-,5?,6+,7-/m1/s1. The van der Waals surface area contributed by atoms with Crippen molar-refractivity contribution >= 4 is 0 Å². The third-order valence-electron chi connectivity index (χ3n) is 2.68. The van der Waals surface area contributed by atoms with Crippen molar-refractivity contribution in [2.75, 3.05) is 6.61 Å². The highest BCUT2D eigenvalue weighted by Crippen LogP contribution is 2.30. The zero-order chi connectivity index (χ0) is 13.5. The number of nitrogens with zero attached hydrogens (tertiary/aromatic N) is 3. The molecule has 1 aromatic heterocycles. The van der Waals surface area contributed by atoms with Crippen LogP contribution in [0.4, 0.5) is 8.78 Å². The van der Waals surface area contributed by atoms with Crippen molar-refractivity contribution in [1.82, 2.24) is 14.8 Å². The minimum Gasteiger partial charge on any atom is -0.394 e. The van der Waals surface area contributed by atoms with E-state index in [9.17, 15) is 19.0 Å².